The molecule has 0 aliphatic rings. The van der Waals surface area contributed by atoms with Crippen LogP contribution in [0.1, 0.15) is 0 Å². The molecule has 0 aromatic heterocycles. The van der Waals surface area contributed by atoms with Gasteiger partial charge in [0.05, 0.1) is 35.4 Å². The maximum absolute atomic E-state index is 13.2. The van der Waals surface area contributed by atoms with Crippen LogP contribution >= 0.6 is 0 Å². The second-order valence-electron chi connectivity index (χ2n) is 7.09. The number of urea groups is 2. The van der Waals surface area contributed by atoms with E-state index in [1.807, 2.05) is 0 Å². The summed E-state index contributed by atoms with van der Waals surface area (Å²) in [5, 5.41) is 0. The van der Waals surface area contributed by atoms with Crippen molar-refractivity contribution >= 4 is 43.5 Å². The van der Waals surface area contributed by atoms with Crippen LogP contribution in [0.15, 0.2) is 82.6 Å². The lowest BCUT2D eigenvalue weighted by Crippen LogP contribution is -2.42. The lowest BCUT2D eigenvalue weighted by Gasteiger charge is -2.24. The molecule has 4 N–H and O–H groups in total. The molecule has 0 radical (unpaired) electrons. The number of nitrogens with zero attached hydrogens (tertiary/aromatic N) is 2. The number of rotatable bonds is 8. The van der Waals surface area contributed by atoms with Gasteiger partial charge in [0.2, 0.25) is 0 Å². The average molecular weight is 535 g/mol. The first-order valence-electron chi connectivity index (χ1n) is 10.0. The van der Waals surface area contributed by atoms with Gasteiger partial charge in [-0.2, -0.15) is 8.61 Å². The number of carbonyl (C=O) groups is 2. The number of amides is 4. The summed E-state index contributed by atoms with van der Waals surface area (Å²) in [6.07, 6.45) is 0. The van der Waals surface area contributed by atoms with Gasteiger partial charge in [0, 0.05) is 0 Å². The standard InChI is InChI=1S/C22H22N4O8S2/c1-33-17-6-10-19(11-7-17)35(29,30)25(21(23)27)15-4-3-5-16(14-15)26(22(24)28)36(31,32)20-12-8-18(34-2)9-13-20/h3-14H,1-2H3,(H2,23,27)(H2,24,28). The zero-order chi connectivity index (χ0) is 26.7. The van der Waals surface area contributed by atoms with Gasteiger partial charge in [0.25, 0.3) is 20.0 Å². The summed E-state index contributed by atoms with van der Waals surface area (Å²) in [4.78, 5) is 23.9. The first-order valence-corrected chi connectivity index (χ1v) is 12.9. The van der Waals surface area contributed by atoms with Gasteiger partial charge >= 0.3 is 12.1 Å². The van der Waals surface area contributed by atoms with Crippen LogP contribution in [0, 0.1) is 0 Å². The smallest absolute Gasteiger partial charge is 0.333 e. The lowest BCUT2D eigenvalue weighted by molar-refractivity contribution is 0.256. The minimum Gasteiger partial charge on any atom is -0.497 e. The molecule has 36 heavy (non-hydrogen) atoms. The molecule has 3 rings (SSSR count). The molecule has 0 bridgehead atoms. The summed E-state index contributed by atoms with van der Waals surface area (Å²) in [6, 6.07) is 12.2. The second-order valence-corrected chi connectivity index (χ2v) is 10.7. The Morgan fingerprint density at radius 1 is 0.639 bits per heavy atom. The molecule has 3 aromatic rings. The van der Waals surface area contributed by atoms with Gasteiger partial charge in [0.15, 0.2) is 0 Å². The van der Waals surface area contributed by atoms with Gasteiger partial charge in [-0.25, -0.2) is 26.4 Å². The largest absolute Gasteiger partial charge is 0.497 e. The van der Waals surface area contributed by atoms with Crippen molar-refractivity contribution < 1.29 is 35.9 Å². The van der Waals surface area contributed by atoms with Crippen LogP contribution in [0.3, 0.4) is 0 Å². The van der Waals surface area contributed by atoms with Gasteiger partial charge in [-0.1, -0.05) is 6.07 Å². The van der Waals surface area contributed by atoms with Crippen molar-refractivity contribution in [2.75, 3.05) is 22.8 Å². The fourth-order valence-corrected chi connectivity index (χ4v) is 5.86. The highest BCUT2D eigenvalue weighted by Gasteiger charge is 2.33. The molecular formula is C22H22N4O8S2. The molecule has 12 nitrogen and oxygen atoms in total. The minimum atomic E-state index is -4.53. The van der Waals surface area contributed by atoms with Crippen molar-refractivity contribution in [2.24, 2.45) is 11.5 Å². The first-order chi connectivity index (χ1) is 16.9. The number of primary amides is 2. The second kappa shape index (κ2) is 10.1. The molecule has 0 heterocycles. The molecule has 0 saturated carbocycles. The number of hydrogen-bond acceptors (Lipinski definition) is 8. The van der Waals surface area contributed by atoms with Crippen LogP contribution in [0.25, 0.3) is 0 Å². The summed E-state index contributed by atoms with van der Waals surface area (Å²) >= 11 is 0. The summed E-state index contributed by atoms with van der Waals surface area (Å²) in [6.45, 7) is 0. The monoisotopic (exact) mass is 534 g/mol. The van der Waals surface area contributed by atoms with E-state index >= 15 is 0 Å². The van der Waals surface area contributed by atoms with Gasteiger partial charge in [0.1, 0.15) is 11.5 Å². The zero-order valence-electron chi connectivity index (χ0n) is 19.1. The Kier molecular flexibility index (Phi) is 7.40. The molecule has 14 heteroatoms. The number of nitrogens with two attached hydrogens (primary N) is 2. The highest BCUT2D eigenvalue weighted by Crippen LogP contribution is 2.31. The molecule has 0 aliphatic heterocycles. The number of anilines is 2. The normalized spacial score (nSPS) is 11.4. The summed E-state index contributed by atoms with van der Waals surface area (Å²) in [7, 11) is -6.27. The van der Waals surface area contributed by atoms with Crippen molar-refractivity contribution in [3.05, 3.63) is 72.8 Å². The maximum atomic E-state index is 13.2. The van der Waals surface area contributed by atoms with Crippen LogP contribution in [0.2, 0.25) is 0 Å². The van der Waals surface area contributed by atoms with Crippen LogP contribution in [0.4, 0.5) is 21.0 Å². The van der Waals surface area contributed by atoms with Crippen molar-refractivity contribution in [3.8, 4) is 11.5 Å². The minimum absolute atomic E-state index is 0.275. The molecule has 0 atom stereocenters. The number of benzene rings is 3. The van der Waals surface area contributed by atoms with E-state index < -0.39 is 32.1 Å². The van der Waals surface area contributed by atoms with Crippen LogP contribution in [0.5, 0.6) is 11.5 Å². The number of sulfonamides is 2. The van der Waals surface area contributed by atoms with E-state index in [4.69, 9.17) is 20.9 Å². The summed E-state index contributed by atoms with van der Waals surface area (Å²) in [5.41, 5.74) is 10.1. The number of methoxy groups -OCH3 is 2. The first kappa shape index (κ1) is 26.3. The topological polar surface area (TPSA) is 179 Å². The Morgan fingerprint density at radius 2 is 0.972 bits per heavy atom. The van der Waals surface area contributed by atoms with E-state index in [2.05, 4.69) is 0 Å². The van der Waals surface area contributed by atoms with Crippen LogP contribution < -0.4 is 29.6 Å². The Balaban J connectivity index is 2.11. The number of ether oxygens (including phenoxy) is 2. The lowest BCUT2D eigenvalue weighted by atomic mass is 10.3. The van der Waals surface area contributed by atoms with E-state index in [9.17, 15) is 26.4 Å². The third-order valence-electron chi connectivity index (χ3n) is 4.89. The van der Waals surface area contributed by atoms with Gasteiger partial charge in [-0.05, 0) is 66.7 Å². The zero-order valence-corrected chi connectivity index (χ0v) is 20.7. The highest BCUT2D eigenvalue weighted by molar-refractivity contribution is 7.94. The Labute approximate surface area is 207 Å². The molecule has 190 valence electrons. The van der Waals surface area contributed by atoms with E-state index in [0.29, 0.717) is 11.5 Å². The third kappa shape index (κ3) is 5.04. The van der Waals surface area contributed by atoms with E-state index in [0.717, 1.165) is 6.07 Å². The summed E-state index contributed by atoms with van der Waals surface area (Å²) in [5.74, 6) is 0.754. The number of hydrogen-bond donors (Lipinski definition) is 2. The maximum Gasteiger partial charge on any atom is 0.333 e. The van der Waals surface area contributed by atoms with Crippen molar-refractivity contribution in [1.29, 1.82) is 0 Å². The molecule has 3 aromatic carbocycles. The molecule has 0 spiro atoms. The van der Waals surface area contributed by atoms with Crippen molar-refractivity contribution in [2.45, 2.75) is 9.79 Å². The van der Waals surface area contributed by atoms with E-state index in [-0.39, 0.29) is 29.8 Å². The molecule has 0 saturated heterocycles. The summed E-state index contributed by atoms with van der Waals surface area (Å²) < 4.78 is 63.4. The van der Waals surface area contributed by atoms with E-state index in [1.54, 1.807) is 0 Å². The van der Waals surface area contributed by atoms with Crippen LogP contribution in [-0.4, -0.2) is 43.1 Å². The third-order valence-corrected chi connectivity index (χ3v) is 8.37. The molecule has 4 amide bonds. The van der Waals surface area contributed by atoms with Gasteiger partial charge in [-0.15, -0.1) is 0 Å². The highest BCUT2D eigenvalue weighted by atomic mass is 32.2. The predicted octanol–water partition coefficient (Wildman–Crippen LogP) is 2.25. The van der Waals surface area contributed by atoms with Gasteiger partial charge in [-0.3, -0.25) is 0 Å². The average Bonchev–Trinajstić information content (AvgIpc) is 2.83. The van der Waals surface area contributed by atoms with Gasteiger partial charge < -0.3 is 20.9 Å². The Hall–Kier alpha value is -4.30. The van der Waals surface area contributed by atoms with Crippen molar-refractivity contribution in [3.63, 3.8) is 0 Å². The molecule has 0 unspecified atom stereocenters. The molecule has 0 fully saturated rings. The fourth-order valence-electron chi connectivity index (χ4n) is 3.22. The SMILES string of the molecule is COc1ccc(S(=O)(=O)N(C(N)=O)c2cccc(N(C(N)=O)S(=O)(=O)c3ccc(OC)cc3)c2)cc1. The molecular weight excluding hydrogens is 512 g/mol. The van der Waals surface area contributed by atoms with Crippen molar-refractivity contribution in [1.82, 2.24) is 0 Å². The molecule has 0 aliphatic carbocycles. The fraction of sp³-hybridized carbons (Fsp3) is 0.0909. The number of carbonyl (C=O) groups excluding carboxylic acids is 2. The quantitative estimate of drug-likeness (QED) is 0.441. The van der Waals surface area contributed by atoms with E-state index in [1.165, 1.54) is 80.9 Å². The Morgan fingerprint density at radius 3 is 1.25 bits per heavy atom. The van der Waals surface area contributed by atoms with Crippen LogP contribution in [-0.2, 0) is 20.0 Å². The Bertz CT molecular complexity index is 1380. The predicted molar refractivity (Wildman–Crippen MR) is 131 cm³/mol.